The van der Waals surface area contributed by atoms with Crippen LogP contribution in [0, 0.1) is 0 Å². The lowest BCUT2D eigenvalue weighted by Gasteiger charge is -2.45. The molecule has 2 heterocycles. The monoisotopic (exact) mass is 352 g/mol. The number of amides is 2. The van der Waals surface area contributed by atoms with Gasteiger partial charge in [0.1, 0.15) is 0 Å². The molecule has 0 radical (unpaired) electrons. The highest BCUT2D eigenvalue weighted by atomic mass is 16.2. The van der Waals surface area contributed by atoms with Crippen molar-refractivity contribution in [2.24, 2.45) is 0 Å². The van der Waals surface area contributed by atoms with E-state index in [1.54, 1.807) is 6.07 Å². The number of hydrogen-bond acceptors (Lipinski definition) is 4. The number of carbonyl (C=O) groups excluding carboxylic acids is 2. The Morgan fingerprint density at radius 3 is 2.38 bits per heavy atom. The maximum atomic E-state index is 12.7. The molecule has 136 valence electrons. The van der Waals surface area contributed by atoms with Crippen LogP contribution in [0.4, 0.5) is 0 Å². The number of aryl methyl sites for hydroxylation is 1. The van der Waals surface area contributed by atoms with Gasteiger partial charge < -0.3 is 9.80 Å². The number of rotatable bonds is 4. The molecule has 1 aliphatic heterocycles. The van der Waals surface area contributed by atoms with Gasteiger partial charge >= 0.3 is 0 Å². The van der Waals surface area contributed by atoms with Crippen molar-refractivity contribution < 1.29 is 9.59 Å². The quantitative estimate of drug-likeness (QED) is 0.846. The Hall–Kier alpha value is -2.76. The van der Waals surface area contributed by atoms with E-state index in [1.807, 2.05) is 54.0 Å². The Kier molecular flexibility index (Phi) is 5.61. The number of piperazine rings is 1. The summed E-state index contributed by atoms with van der Waals surface area (Å²) in [6.07, 6.45) is 4.23. The maximum Gasteiger partial charge on any atom is 0.255 e. The fourth-order valence-electron chi connectivity index (χ4n) is 3.40. The average molecular weight is 352 g/mol. The summed E-state index contributed by atoms with van der Waals surface area (Å²) < 4.78 is 0. The zero-order valence-corrected chi connectivity index (χ0v) is 15.2. The molecular weight excluding hydrogens is 328 g/mol. The first-order valence-corrected chi connectivity index (χ1v) is 8.99. The van der Waals surface area contributed by atoms with Crippen LogP contribution in [-0.2, 0) is 11.2 Å². The molecule has 2 amide bonds. The minimum absolute atomic E-state index is 0.0224. The molecule has 0 aliphatic carbocycles. The van der Waals surface area contributed by atoms with E-state index in [9.17, 15) is 9.59 Å². The van der Waals surface area contributed by atoms with Crippen LogP contribution in [0.2, 0.25) is 0 Å². The van der Waals surface area contributed by atoms with Gasteiger partial charge in [0.25, 0.3) is 5.91 Å². The van der Waals surface area contributed by atoms with Gasteiger partial charge in [0.15, 0.2) is 0 Å². The van der Waals surface area contributed by atoms with E-state index in [-0.39, 0.29) is 23.9 Å². The molecule has 0 unspecified atom stereocenters. The Labute approximate surface area is 153 Å². The van der Waals surface area contributed by atoms with Crippen LogP contribution in [0.15, 0.2) is 48.8 Å². The summed E-state index contributed by atoms with van der Waals surface area (Å²) in [5.74, 6) is 0.0847. The summed E-state index contributed by atoms with van der Waals surface area (Å²) in [4.78, 5) is 29.1. The molecule has 1 aliphatic rings. The van der Waals surface area contributed by atoms with Crippen molar-refractivity contribution in [1.82, 2.24) is 20.0 Å². The number of hydrogen-bond donors (Lipinski definition) is 0. The smallest absolute Gasteiger partial charge is 0.255 e. The van der Waals surface area contributed by atoms with Gasteiger partial charge in [0.2, 0.25) is 5.91 Å². The molecule has 26 heavy (non-hydrogen) atoms. The van der Waals surface area contributed by atoms with Crippen LogP contribution in [0.3, 0.4) is 0 Å². The Morgan fingerprint density at radius 1 is 1.00 bits per heavy atom. The van der Waals surface area contributed by atoms with E-state index in [4.69, 9.17) is 0 Å². The lowest BCUT2D eigenvalue weighted by molar-refractivity contribution is -0.136. The minimum Gasteiger partial charge on any atom is -0.336 e. The first-order valence-electron chi connectivity index (χ1n) is 8.99. The zero-order valence-electron chi connectivity index (χ0n) is 15.2. The minimum atomic E-state index is -0.0596. The van der Waals surface area contributed by atoms with Gasteiger partial charge in [-0.15, -0.1) is 0 Å². The van der Waals surface area contributed by atoms with Crippen molar-refractivity contribution >= 4 is 11.8 Å². The molecule has 1 saturated heterocycles. The van der Waals surface area contributed by atoms with E-state index < -0.39 is 0 Å². The number of nitrogens with zero attached hydrogens (tertiary/aromatic N) is 4. The van der Waals surface area contributed by atoms with Crippen LogP contribution in [0.25, 0.3) is 0 Å². The van der Waals surface area contributed by atoms with Crippen molar-refractivity contribution in [1.29, 1.82) is 0 Å². The Bertz CT molecular complexity index is 751. The molecule has 0 spiro atoms. The summed E-state index contributed by atoms with van der Waals surface area (Å²) in [6.45, 7) is 5.09. The van der Waals surface area contributed by atoms with Crippen LogP contribution < -0.4 is 0 Å². The predicted molar refractivity (Wildman–Crippen MR) is 98.5 cm³/mol. The molecule has 2 aromatic rings. The largest absolute Gasteiger partial charge is 0.336 e. The highest BCUT2D eigenvalue weighted by molar-refractivity contribution is 5.94. The molecule has 0 saturated carbocycles. The molecule has 1 fully saturated rings. The second-order valence-electron chi connectivity index (χ2n) is 6.68. The summed E-state index contributed by atoms with van der Waals surface area (Å²) in [6, 6.07) is 11.6. The second-order valence-corrected chi connectivity index (χ2v) is 6.68. The fraction of sp³-hybridized carbons (Fsp3) is 0.400. The van der Waals surface area contributed by atoms with Crippen LogP contribution in [0.1, 0.15) is 36.2 Å². The van der Waals surface area contributed by atoms with Crippen molar-refractivity contribution in [2.75, 3.05) is 13.1 Å². The van der Waals surface area contributed by atoms with Gasteiger partial charge in [-0.25, -0.2) is 0 Å². The molecule has 2 atom stereocenters. The third kappa shape index (κ3) is 3.90. The molecule has 1 aromatic heterocycles. The zero-order chi connectivity index (χ0) is 18.5. The normalized spacial score (nSPS) is 20.1. The predicted octanol–water partition coefficient (Wildman–Crippen LogP) is 2.17. The standard InChI is InChI=1S/C20H24N4O2/c1-15-16(2)24(20(26)18-10-11-21-22-14-18)13-12-23(15)19(25)9-8-17-6-4-3-5-7-17/h3-7,10-11,14-16H,8-9,12-13H2,1-2H3/t15-,16-/m1/s1. The van der Waals surface area contributed by atoms with Gasteiger partial charge in [-0.05, 0) is 31.9 Å². The Morgan fingerprint density at radius 2 is 1.69 bits per heavy atom. The number of aromatic nitrogens is 2. The first-order chi connectivity index (χ1) is 12.6. The number of carbonyl (C=O) groups is 2. The molecule has 6 nitrogen and oxygen atoms in total. The van der Waals surface area contributed by atoms with Gasteiger partial charge in [-0.2, -0.15) is 10.2 Å². The molecule has 1 aromatic carbocycles. The lowest BCUT2D eigenvalue weighted by Crippen LogP contribution is -2.60. The average Bonchev–Trinajstić information content (AvgIpc) is 2.69. The van der Waals surface area contributed by atoms with E-state index in [0.717, 1.165) is 6.42 Å². The maximum absolute atomic E-state index is 12.7. The van der Waals surface area contributed by atoms with Gasteiger partial charge in [-0.3, -0.25) is 9.59 Å². The third-order valence-electron chi connectivity index (χ3n) is 5.15. The fourth-order valence-corrected chi connectivity index (χ4v) is 3.40. The van der Waals surface area contributed by atoms with Gasteiger partial charge in [0, 0.05) is 31.6 Å². The van der Waals surface area contributed by atoms with Crippen molar-refractivity contribution in [2.45, 2.75) is 38.8 Å². The molecule has 3 rings (SSSR count). The van der Waals surface area contributed by atoms with E-state index >= 15 is 0 Å². The highest BCUT2D eigenvalue weighted by Crippen LogP contribution is 2.20. The van der Waals surface area contributed by atoms with E-state index in [1.165, 1.54) is 18.0 Å². The van der Waals surface area contributed by atoms with Crippen molar-refractivity contribution in [3.8, 4) is 0 Å². The summed E-state index contributed by atoms with van der Waals surface area (Å²) in [5.41, 5.74) is 1.70. The van der Waals surface area contributed by atoms with Crippen molar-refractivity contribution in [3.63, 3.8) is 0 Å². The van der Waals surface area contributed by atoms with Crippen LogP contribution in [-0.4, -0.2) is 57.0 Å². The highest BCUT2D eigenvalue weighted by Gasteiger charge is 2.35. The van der Waals surface area contributed by atoms with Crippen molar-refractivity contribution in [3.05, 3.63) is 59.9 Å². The molecule has 0 N–H and O–H groups in total. The molecule has 6 heteroatoms. The summed E-state index contributed by atoms with van der Waals surface area (Å²) in [7, 11) is 0. The second kappa shape index (κ2) is 8.08. The lowest BCUT2D eigenvalue weighted by atomic mass is 10.0. The summed E-state index contributed by atoms with van der Waals surface area (Å²) >= 11 is 0. The topological polar surface area (TPSA) is 66.4 Å². The SMILES string of the molecule is C[C@@H]1[C@@H](C)N(C(=O)c2ccnnc2)CCN1C(=O)CCc1ccccc1. The van der Waals surface area contributed by atoms with E-state index in [2.05, 4.69) is 10.2 Å². The molecule has 0 bridgehead atoms. The molecular formula is C20H24N4O2. The van der Waals surface area contributed by atoms with Crippen LogP contribution >= 0.6 is 0 Å². The first kappa shape index (κ1) is 18.0. The third-order valence-corrected chi connectivity index (χ3v) is 5.15. The van der Waals surface area contributed by atoms with Gasteiger partial charge in [0.05, 0.1) is 18.0 Å². The Balaban J connectivity index is 1.61. The van der Waals surface area contributed by atoms with Crippen LogP contribution in [0.5, 0.6) is 0 Å². The number of benzene rings is 1. The summed E-state index contributed by atoms with van der Waals surface area (Å²) in [5, 5.41) is 7.49. The van der Waals surface area contributed by atoms with E-state index in [0.29, 0.717) is 25.1 Å². The van der Waals surface area contributed by atoms with Gasteiger partial charge in [-0.1, -0.05) is 30.3 Å².